The number of rotatable bonds is 5. The van der Waals surface area contributed by atoms with Gasteiger partial charge in [0.2, 0.25) is 23.6 Å². The van der Waals surface area contributed by atoms with Crippen molar-refractivity contribution in [3.63, 3.8) is 0 Å². The highest BCUT2D eigenvalue weighted by Gasteiger charge is 2.68. The topological polar surface area (TPSA) is 132 Å². The summed E-state index contributed by atoms with van der Waals surface area (Å²) in [6.45, 7) is 1.26. The molecule has 4 aliphatic rings. The van der Waals surface area contributed by atoms with Crippen LogP contribution in [-0.2, 0) is 24.0 Å². The Labute approximate surface area is 243 Å². The highest BCUT2D eigenvalue weighted by Crippen LogP contribution is 2.64. The van der Waals surface area contributed by atoms with E-state index in [0.717, 1.165) is 28.0 Å². The van der Waals surface area contributed by atoms with Gasteiger partial charge in [-0.15, -0.1) is 0 Å². The fraction of sp³-hybridized carbons (Fsp3) is 0.367. The van der Waals surface area contributed by atoms with Crippen LogP contribution in [0.2, 0.25) is 5.02 Å². The van der Waals surface area contributed by atoms with Crippen LogP contribution in [0.5, 0.6) is 5.75 Å². The number of carboxylic acid groups (broad SMARTS) is 1. The monoisotopic (exact) mass is 598 g/mol. The number of imide groups is 2. The molecule has 0 spiro atoms. The highest BCUT2D eigenvalue weighted by atomic mass is 35.5. The number of carbonyl (C=O) groups excluding carboxylic acids is 4. The van der Waals surface area contributed by atoms with Gasteiger partial charge in [0.05, 0.1) is 40.3 Å². The maximum atomic E-state index is 14.7. The van der Waals surface area contributed by atoms with E-state index in [1.165, 1.54) is 18.2 Å². The number of hydrogen-bond donors (Lipinski definition) is 2. The zero-order valence-electron chi connectivity index (χ0n) is 22.2. The summed E-state index contributed by atoms with van der Waals surface area (Å²) >= 11 is 5.97. The van der Waals surface area contributed by atoms with E-state index in [-0.39, 0.29) is 35.7 Å². The number of carbonyl (C=O) groups is 5. The zero-order valence-corrected chi connectivity index (χ0v) is 23.0. The van der Waals surface area contributed by atoms with Crippen LogP contribution in [0, 0.1) is 40.7 Å². The van der Waals surface area contributed by atoms with Crippen LogP contribution in [-0.4, -0.2) is 51.3 Å². The second kappa shape index (κ2) is 9.72. The Bertz CT molecular complexity index is 1630. The molecule has 42 heavy (non-hydrogen) atoms. The summed E-state index contributed by atoms with van der Waals surface area (Å²) in [7, 11) is 0. The molecule has 2 saturated heterocycles. The molecular formula is C30H25ClF2N2O7. The number of carboxylic acids is 1. The molecule has 0 unspecified atom stereocenters. The quantitative estimate of drug-likeness (QED) is 0.392. The molecule has 218 valence electrons. The van der Waals surface area contributed by atoms with Crippen LogP contribution >= 0.6 is 11.6 Å². The van der Waals surface area contributed by atoms with Crippen molar-refractivity contribution >= 4 is 46.9 Å². The number of phenolic OH excluding ortho intramolecular Hbond substituents is 1. The van der Waals surface area contributed by atoms with Gasteiger partial charge in [-0.05, 0) is 49.9 Å². The van der Waals surface area contributed by atoms with Crippen LogP contribution in [0.1, 0.15) is 37.7 Å². The van der Waals surface area contributed by atoms with Gasteiger partial charge in [-0.1, -0.05) is 35.4 Å². The fourth-order valence-corrected chi connectivity index (χ4v) is 7.66. The number of nitrogens with zero attached hydrogens (tertiary/aromatic N) is 2. The first-order valence-corrected chi connectivity index (χ1v) is 13.8. The van der Waals surface area contributed by atoms with Gasteiger partial charge in [-0.3, -0.25) is 28.9 Å². The van der Waals surface area contributed by atoms with Gasteiger partial charge in [0.15, 0.2) is 11.6 Å². The number of benzene rings is 2. The van der Waals surface area contributed by atoms with Crippen LogP contribution in [0.4, 0.5) is 14.5 Å². The second-order valence-corrected chi connectivity index (χ2v) is 11.8. The lowest BCUT2D eigenvalue weighted by molar-refractivity contribution is -0.142. The van der Waals surface area contributed by atoms with Crippen LogP contribution in [0.3, 0.4) is 0 Å². The van der Waals surface area contributed by atoms with Crippen molar-refractivity contribution in [1.82, 2.24) is 4.90 Å². The molecule has 0 radical (unpaired) electrons. The predicted molar refractivity (Wildman–Crippen MR) is 143 cm³/mol. The Balaban J connectivity index is 1.50. The average molecular weight is 599 g/mol. The normalized spacial score (nSPS) is 30.3. The fourth-order valence-electron chi connectivity index (χ4n) is 7.49. The minimum atomic E-state index is -1.55. The molecule has 3 fully saturated rings. The first-order chi connectivity index (χ1) is 19.9. The van der Waals surface area contributed by atoms with Crippen LogP contribution in [0.15, 0.2) is 48.0 Å². The van der Waals surface area contributed by atoms with Gasteiger partial charge in [-0.25, -0.2) is 13.7 Å². The lowest BCUT2D eigenvalue weighted by Crippen LogP contribution is -2.49. The molecule has 4 amide bonds. The summed E-state index contributed by atoms with van der Waals surface area (Å²) in [6, 6.07) is 7.31. The van der Waals surface area contributed by atoms with Crippen LogP contribution < -0.4 is 4.90 Å². The molecule has 2 aromatic carbocycles. The number of phenols is 1. The summed E-state index contributed by atoms with van der Waals surface area (Å²) in [5.74, 6) is -10.5. The number of halogens is 3. The number of hydrogen-bond acceptors (Lipinski definition) is 6. The zero-order chi connectivity index (χ0) is 30.2. The van der Waals surface area contributed by atoms with Gasteiger partial charge in [0, 0.05) is 18.0 Å². The number of likely N-dealkylation sites (tertiary alicyclic amines) is 1. The van der Waals surface area contributed by atoms with Crippen molar-refractivity contribution in [3.8, 4) is 5.75 Å². The van der Waals surface area contributed by atoms with E-state index >= 15 is 0 Å². The summed E-state index contributed by atoms with van der Waals surface area (Å²) in [6.07, 6.45) is 1.41. The third-order valence-corrected chi connectivity index (χ3v) is 9.70. The van der Waals surface area contributed by atoms with Crippen molar-refractivity contribution in [3.05, 3.63) is 70.3 Å². The Kier molecular flexibility index (Phi) is 6.49. The Morgan fingerprint density at radius 1 is 1.05 bits per heavy atom. The van der Waals surface area contributed by atoms with Crippen LogP contribution in [0.25, 0.3) is 0 Å². The lowest BCUT2D eigenvalue weighted by Gasteiger charge is -2.49. The smallest absolute Gasteiger partial charge is 0.305 e. The van der Waals surface area contributed by atoms with E-state index in [0.29, 0.717) is 5.57 Å². The van der Waals surface area contributed by atoms with Gasteiger partial charge in [0.1, 0.15) is 5.82 Å². The molecule has 2 aliphatic heterocycles. The van der Waals surface area contributed by atoms with Crippen molar-refractivity contribution in [1.29, 1.82) is 0 Å². The molecular weight excluding hydrogens is 574 g/mol. The molecule has 6 atom stereocenters. The molecule has 2 aromatic rings. The number of amides is 4. The van der Waals surface area contributed by atoms with E-state index in [1.807, 2.05) is 0 Å². The molecule has 6 rings (SSSR count). The number of anilines is 1. The van der Waals surface area contributed by atoms with Gasteiger partial charge >= 0.3 is 5.97 Å². The van der Waals surface area contributed by atoms with Gasteiger partial charge in [-0.2, -0.15) is 0 Å². The van der Waals surface area contributed by atoms with Crippen molar-refractivity contribution in [2.75, 3.05) is 11.4 Å². The number of para-hydroxylation sites is 1. The number of aromatic hydroxyl groups is 1. The highest BCUT2D eigenvalue weighted by molar-refractivity contribution is 6.31. The summed E-state index contributed by atoms with van der Waals surface area (Å²) in [5.41, 5.74) is -0.933. The van der Waals surface area contributed by atoms with Gasteiger partial charge < -0.3 is 10.2 Å². The third kappa shape index (κ3) is 3.82. The van der Waals surface area contributed by atoms with Crippen molar-refractivity contribution in [2.45, 2.75) is 32.1 Å². The summed E-state index contributed by atoms with van der Waals surface area (Å²) in [4.78, 5) is 68.1. The first kappa shape index (κ1) is 28.0. The molecule has 2 N–H and O–H groups in total. The van der Waals surface area contributed by atoms with Crippen molar-refractivity contribution in [2.24, 2.45) is 29.1 Å². The third-order valence-electron chi connectivity index (χ3n) is 9.41. The van der Waals surface area contributed by atoms with E-state index in [4.69, 9.17) is 16.7 Å². The Hall–Kier alpha value is -4.12. The first-order valence-electron chi connectivity index (χ1n) is 13.5. The lowest BCUT2D eigenvalue weighted by atomic mass is 9.51. The molecule has 12 heteroatoms. The number of aliphatic carboxylic acids is 1. The van der Waals surface area contributed by atoms with Gasteiger partial charge in [0.25, 0.3) is 0 Å². The van der Waals surface area contributed by atoms with Crippen molar-refractivity contribution < 1.29 is 43.0 Å². The minimum absolute atomic E-state index is 0.00211. The van der Waals surface area contributed by atoms with E-state index in [9.17, 15) is 37.9 Å². The molecule has 1 saturated carbocycles. The van der Waals surface area contributed by atoms with E-state index < -0.39 is 88.4 Å². The maximum absolute atomic E-state index is 14.7. The average Bonchev–Trinajstić information content (AvgIpc) is 3.30. The molecule has 2 aliphatic carbocycles. The number of allylic oxidation sites excluding steroid dienone is 2. The molecule has 9 nitrogen and oxygen atoms in total. The molecule has 2 heterocycles. The van der Waals surface area contributed by atoms with E-state index in [1.54, 1.807) is 13.0 Å². The second-order valence-electron chi connectivity index (χ2n) is 11.4. The minimum Gasteiger partial charge on any atom is -0.505 e. The van der Waals surface area contributed by atoms with E-state index in [2.05, 4.69) is 0 Å². The Morgan fingerprint density at radius 3 is 2.48 bits per heavy atom. The predicted octanol–water partition coefficient (Wildman–Crippen LogP) is 4.03. The summed E-state index contributed by atoms with van der Waals surface area (Å²) in [5, 5.41) is 19.7. The largest absolute Gasteiger partial charge is 0.505 e. The Morgan fingerprint density at radius 2 is 1.79 bits per heavy atom. The molecule has 0 bridgehead atoms. The maximum Gasteiger partial charge on any atom is 0.305 e. The molecule has 0 aromatic heterocycles. The number of fused-ring (bicyclic) bond motifs is 4. The standard InChI is InChI=1S/C30H25ClF2N2O7/c1-30-18(27(40)35(29(30)42)13-5-8-20(32)19(31)11-13)12-17-14(24(30)16-3-2-4-21(33)25(16)38)6-7-15-23(17)28(41)34(26(15)39)10-9-22(36)37/h2-6,8,11,15,17-18,23-24,38H,7,9-10,12H2,1H3,(H,36,37)/t15-,17+,18-,23-,24+,30+/m0/s1. The SMILES string of the molecule is C[C@@]12C(=O)N(c3ccc(F)c(Cl)c3)C(=O)[C@@H]1C[C@@H]1C(=CC[C@@H]3C(=O)N(CCC(=O)O)C(=O)[C@@H]31)[C@@H]2c1cccc(F)c1O. The summed E-state index contributed by atoms with van der Waals surface area (Å²) < 4.78 is 28.7.